The summed E-state index contributed by atoms with van der Waals surface area (Å²) in [7, 11) is -3.15. The van der Waals surface area contributed by atoms with Crippen LogP contribution in [0.2, 0.25) is 0 Å². The summed E-state index contributed by atoms with van der Waals surface area (Å²) in [5.41, 5.74) is 3.63. The number of piperidine rings is 1. The molecule has 0 saturated carbocycles. The summed E-state index contributed by atoms with van der Waals surface area (Å²) in [6.45, 7) is 6.02. The molecule has 1 fully saturated rings. The van der Waals surface area contributed by atoms with Crippen LogP contribution in [0.15, 0.2) is 18.2 Å². The molecule has 0 unspecified atom stereocenters. The Labute approximate surface area is 151 Å². The highest BCUT2D eigenvalue weighted by Crippen LogP contribution is 2.32. The van der Waals surface area contributed by atoms with Crippen LogP contribution in [-0.4, -0.2) is 44.5 Å². The third-order valence-corrected chi connectivity index (χ3v) is 6.73. The zero-order valence-electron chi connectivity index (χ0n) is 15.4. The van der Waals surface area contributed by atoms with Gasteiger partial charge in [0.2, 0.25) is 15.9 Å². The van der Waals surface area contributed by atoms with E-state index >= 15 is 0 Å². The molecule has 3 rings (SSSR count). The Bertz CT molecular complexity index is 750. The number of sulfonamides is 1. The van der Waals surface area contributed by atoms with Crippen molar-refractivity contribution in [1.82, 2.24) is 4.31 Å². The van der Waals surface area contributed by atoms with Gasteiger partial charge in [0.1, 0.15) is 0 Å². The Hall–Kier alpha value is -1.40. The second-order valence-corrected chi connectivity index (χ2v) is 9.56. The van der Waals surface area contributed by atoms with Crippen molar-refractivity contribution in [1.29, 1.82) is 0 Å². The van der Waals surface area contributed by atoms with Gasteiger partial charge in [0, 0.05) is 31.2 Å². The lowest BCUT2D eigenvalue weighted by Gasteiger charge is -2.36. The van der Waals surface area contributed by atoms with E-state index in [1.807, 2.05) is 4.90 Å². The van der Waals surface area contributed by atoms with Gasteiger partial charge in [-0.3, -0.25) is 4.79 Å². The van der Waals surface area contributed by atoms with Crippen LogP contribution in [0, 0.1) is 5.92 Å². The van der Waals surface area contributed by atoms with Crippen molar-refractivity contribution in [2.45, 2.75) is 45.4 Å². The van der Waals surface area contributed by atoms with Gasteiger partial charge in [0.05, 0.1) is 6.26 Å². The molecule has 2 heterocycles. The second kappa shape index (κ2) is 7.08. The smallest absolute Gasteiger partial charge is 0.230 e. The molecule has 25 heavy (non-hydrogen) atoms. The van der Waals surface area contributed by atoms with Gasteiger partial charge in [-0.15, -0.1) is 0 Å². The standard InChI is InChI=1S/C19H28N2O3S/c1-14(2)16-6-7-18-17(13-16)5-4-10-21(18)19(22)15-8-11-20(12-9-15)25(3,23)24/h6-7,13-15H,4-5,8-12H2,1-3H3. The quantitative estimate of drug-likeness (QED) is 0.829. The van der Waals surface area contributed by atoms with Crippen molar-refractivity contribution >= 4 is 21.6 Å². The van der Waals surface area contributed by atoms with Crippen LogP contribution in [-0.2, 0) is 21.2 Å². The zero-order valence-corrected chi connectivity index (χ0v) is 16.2. The first-order chi connectivity index (χ1) is 11.8. The molecule has 0 aromatic heterocycles. The molecule has 6 heteroatoms. The van der Waals surface area contributed by atoms with E-state index < -0.39 is 10.0 Å². The maximum absolute atomic E-state index is 13.0. The molecule has 0 radical (unpaired) electrons. The van der Waals surface area contributed by atoms with Gasteiger partial charge < -0.3 is 4.90 Å². The monoisotopic (exact) mass is 364 g/mol. The van der Waals surface area contributed by atoms with Crippen LogP contribution in [0.1, 0.15) is 50.2 Å². The molecule has 0 aliphatic carbocycles. The third-order valence-electron chi connectivity index (χ3n) is 5.43. The minimum Gasteiger partial charge on any atom is -0.312 e. The first-order valence-electron chi connectivity index (χ1n) is 9.16. The number of aryl methyl sites for hydroxylation is 1. The lowest BCUT2D eigenvalue weighted by atomic mass is 9.92. The van der Waals surface area contributed by atoms with Gasteiger partial charge >= 0.3 is 0 Å². The molecule has 138 valence electrons. The first kappa shape index (κ1) is 18.4. The highest BCUT2D eigenvalue weighted by Gasteiger charge is 2.33. The van der Waals surface area contributed by atoms with Gasteiger partial charge in [0.15, 0.2) is 0 Å². The minimum atomic E-state index is -3.15. The van der Waals surface area contributed by atoms with E-state index in [0.717, 1.165) is 25.1 Å². The zero-order chi connectivity index (χ0) is 18.2. The van der Waals surface area contributed by atoms with E-state index in [2.05, 4.69) is 32.0 Å². The van der Waals surface area contributed by atoms with Gasteiger partial charge in [-0.1, -0.05) is 26.0 Å². The van der Waals surface area contributed by atoms with Gasteiger partial charge in [-0.2, -0.15) is 0 Å². The van der Waals surface area contributed by atoms with Crippen molar-refractivity contribution < 1.29 is 13.2 Å². The number of nitrogens with zero attached hydrogens (tertiary/aromatic N) is 2. The van der Waals surface area contributed by atoms with Gasteiger partial charge in [0.25, 0.3) is 0 Å². The predicted octanol–water partition coefficient (Wildman–Crippen LogP) is 2.76. The molecular formula is C19H28N2O3S. The summed E-state index contributed by atoms with van der Waals surface area (Å²) in [5, 5.41) is 0. The number of carbonyl (C=O) groups is 1. The molecule has 1 aromatic carbocycles. The number of hydrogen-bond acceptors (Lipinski definition) is 3. The number of carbonyl (C=O) groups excluding carboxylic acids is 1. The molecule has 2 aliphatic rings. The van der Waals surface area contributed by atoms with Crippen molar-refractivity contribution in [3.05, 3.63) is 29.3 Å². The van der Waals surface area contributed by atoms with Gasteiger partial charge in [-0.25, -0.2) is 12.7 Å². The highest BCUT2D eigenvalue weighted by atomic mass is 32.2. The molecule has 0 atom stereocenters. The molecule has 0 N–H and O–H groups in total. The minimum absolute atomic E-state index is 0.0753. The second-order valence-electron chi connectivity index (χ2n) is 7.57. The average molecular weight is 365 g/mol. The van der Waals surface area contributed by atoms with Crippen LogP contribution < -0.4 is 4.90 Å². The molecule has 1 amide bonds. The maximum Gasteiger partial charge on any atom is 0.230 e. The highest BCUT2D eigenvalue weighted by molar-refractivity contribution is 7.88. The molecule has 5 nitrogen and oxygen atoms in total. The maximum atomic E-state index is 13.0. The number of hydrogen-bond donors (Lipinski definition) is 0. The third kappa shape index (κ3) is 3.90. The Morgan fingerprint density at radius 3 is 2.44 bits per heavy atom. The van der Waals surface area contributed by atoms with E-state index in [1.165, 1.54) is 21.7 Å². The number of fused-ring (bicyclic) bond motifs is 1. The number of amides is 1. The van der Waals surface area contributed by atoms with E-state index in [-0.39, 0.29) is 11.8 Å². The van der Waals surface area contributed by atoms with Gasteiger partial charge in [-0.05, 0) is 48.8 Å². The van der Waals surface area contributed by atoms with E-state index in [1.54, 1.807) is 0 Å². The summed E-state index contributed by atoms with van der Waals surface area (Å²) < 4.78 is 24.8. The molecule has 0 bridgehead atoms. The fourth-order valence-electron chi connectivity index (χ4n) is 3.86. The molecule has 1 saturated heterocycles. The normalized spacial score (nSPS) is 19.9. The molecule has 2 aliphatic heterocycles. The lowest BCUT2D eigenvalue weighted by molar-refractivity contribution is -0.123. The van der Waals surface area contributed by atoms with Crippen molar-refractivity contribution in [2.75, 3.05) is 30.8 Å². The molecule has 0 spiro atoms. The van der Waals surface area contributed by atoms with E-state index in [9.17, 15) is 13.2 Å². The SMILES string of the molecule is CC(C)c1ccc2c(c1)CCCN2C(=O)C1CCN(S(C)(=O)=O)CC1. The first-order valence-corrected chi connectivity index (χ1v) is 11.0. The van der Waals surface area contributed by atoms with Crippen molar-refractivity contribution in [3.8, 4) is 0 Å². The topological polar surface area (TPSA) is 57.7 Å². The Kier molecular flexibility index (Phi) is 5.21. The van der Waals surface area contributed by atoms with Crippen molar-refractivity contribution in [3.63, 3.8) is 0 Å². The largest absolute Gasteiger partial charge is 0.312 e. The summed E-state index contributed by atoms with van der Waals surface area (Å²) >= 11 is 0. The van der Waals surface area contributed by atoms with Crippen molar-refractivity contribution in [2.24, 2.45) is 5.92 Å². The number of benzene rings is 1. The number of rotatable bonds is 3. The van der Waals surface area contributed by atoms with E-state index in [4.69, 9.17) is 0 Å². The van der Waals surface area contributed by atoms with Crippen LogP contribution in [0.25, 0.3) is 0 Å². The number of anilines is 1. The fraction of sp³-hybridized carbons (Fsp3) is 0.632. The average Bonchev–Trinajstić information content (AvgIpc) is 2.59. The molecular weight excluding hydrogens is 336 g/mol. The lowest BCUT2D eigenvalue weighted by Crippen LogP contribution is -2.45. The summed E-state index contributed by atoms with van der Waals surface area (Å²) in [6, 6.07) is 6.46. The fourth-order valence-corrected chi connectivity index (χ4v) is 4.73. The predicted molar refractivity (Wildman–Crippen MR) is 100 cm³/mol. The summed E-state index contributed by atoms with van der Waals surface area (Å²) in [4.78, 5) is 15.0. The molecule has 1 aromatic rings. The summed E-state index contributed by atoms with van der Waals surface area (Å²) in [6.07, 6.45) is 4.47. The summed E-state index contributed by atoms with van der Waals surface area (Å²) in [5.74, 6) is 0.567. The Balaban J connectivity index is 1.75. The van der Waals surface area contributed by atoms with Crippen LogP contribution >= 0.6 is 0 Å². The van der Waals surface area contributed by atoms with Crippen LogP contribution in [0.5, 0.6) is 0 Å². The Morgan fingerprint density at radius 1 is 1.16 bits per heavy atom. The van der Waals surface area contributed by atoms with Crippen LogP contribution in [0.4, 0.5) is 5.69 Å². The van der Waals surface area contributed by atoms with Crippen LogP contribution in [0.3, 0.4) is 0 Å². The van der Waals surface area contributed by atoms with E-state index in [0.29, 0.717) is 31.8 Å². The Morgan fingerprint density at radius 2 is 1.84 bits per heavy atom.